The first kappa shape index (κ1) is 27.6. The lowest BCUT2D eigenvalue weighted by molar-refractivity contribution is 1.12. The number of rotatable bonds is 4. The first-order chi connectivity index (χ1) is 24.3. The number of aromatic nitrogens is 2. The summed E-state index contributed by atoms with van der Waals surface area (Å²) in [5.41, 5.74) is 9.30. The molecule has 228 valence electrons. The van der Waals surface area contributed by atoms with E-state index in [4.69, 9.17) is 4.98 Å². The van der Waals surface area contributed by atoms with Gasteiger partial charge in [-0.3, -0.25) is 4.57 Å². The van der Waals surface area contributed by atoms with Crippen LogP contribution in [0.1, 0.15) is 0 Å². The third-order valence-corrected chi connectivity index (χ3v) is 10.00. The maximum absolute atomic E-state index is 5.28. The normalized spacial score (nSPS) is 11.7. The van der Waals surface area contributed by atoms with E-state index in [0.29, 0.717) is 0 Å². The van der Waals surface area contributed by atoms with Crippen molar-refractivity contribution in [3.8, 4) is 39.3 Å². The van der Waals surface area contributed by atoms with Crippen LogP contribution in [0.25, 0.3) is 93.5 Å². The Bertz CT molecular complexity index is 2820. The lowest BCUT2D eigenvalue weighted by atomic mass is 9.84. The van der Waals surface area contributed by atoms with Gasteiger partial charge in [-0.25, -0.2) is 4.98 Å². The molecule has 0 atom stereocenters. The number of imidazole rings is 1. The summed E-state index contributed by atoms with van der Waals surface area (Å²) in [5, 5.41) is 9.82. The Balaban J connectivity index is 1.29. The lowest BCUT2D eigenvalue weighted by Crippen LogP contribution is -2.00. The molecule has 0 saturated carbocycles. The highest BCUT2D eigenvalue weighted by atomic mass is 15.1. The molecule has 10 aromatic rings. The zero-order valence-electron chi connectivity index (χ0n) is 26.7. The van der Waals surface area contributed by atoms with Gasteiger partial charge in [0.25, 0.3) is 0 Å². The van der Waals surface area contributed by atoms with Crippen molar-refractivity contribution in [2.75, 3.05) is 0 Å². The van der Waals surface area contributed by atoms with Crippen molar-refractivity contribution in [2.45, 2.75) is 0 Å². The fourth-order valence-corrected chi connectivity index (χ4v) is 7.90. The number of benzene rings is 9. The Morgan fingerprint density at radius 2 is 0.898 bits per heavy atom. The van der Waals surface area contributed by atoms with E-state index < -0.39 is 0 Å². The summed E-state index contributed by atoms with van der Waals surface area (Å²) in [5.74, 6) is 0.944. The highest BCUT2D eigenvalue weighted by molar-refractivity contribution is 6.24. The lowest BCUT2D eigenvalue weighted by Gasteiger charge is -2.20. The van der Waals surface area contributed by atoms with E-state index in [2.05, 4.69) is 187 Å². The average molecular weight is 623 g/mol. The summed E-state index contributed by atoms with van der Waals surface area (Å²) < 4.78 is 2.36. The van der Waals surface area contributed by atoms with Crippen molar-refractivity contribution in [2.24, 2.45) is 0 Å². The van der Waals surface area contributed by atoms with E-state index in [0.717, 1.165) is 28.1 Å². The Hall–Kier alpha value is -6.51. The van der Waals surface area contributed by atoms with Crippen LogP contribution in [0.4, 0.5) is 0 Å². The van der Waals surface area contributed by atoms with Crippen LogP contribution in [0.2, 0.25) is 0 Å². The molecule has 0 saturated heterocycles. The van der Waals surface area contributed by atoms with Gasteiger partial charge in [0, 0.05) is 10.9 Å². The Kier molecular flexibility index (Phi) is 6.22. The van der Waals surface area contributed by atoms with E-state index in [9.17, 15) is 0 Å². The largest absolute Gasteiger partial charge is 0.292 e. The summed E-state index contributed by atoms with van der Waals surface area (Å²) in [7, 11) is 0. The SMILES string of the molecule is c1ccc(-c2c3ccccc3c(-c3ccc(-n4c(-c5cccc6ccccc56)nc5ccccc54)c4ccccc34)c3ccccc23)cc1. The van der Waals surface area contributed by atoms with Crippen molar-refractivity contribution in [3.63, 3.8) is 0 Å². The van der Waals surface area contributed by atoms with Gasteiger partial charge in [-0.05, 0) is 78.2 Å². The molecule has 49 heavy (non-hydrogen) atoms. The topological polar surface area (TPSA) is 17.8 Å². The summed E-state index contributed by atoms with van der Waals surface area (Å²) in [4.78, 5) is 5.28. The summed E-state index contributed by atoms with van der Waals surface area (Å²) in [6, 6.07) is 65.6. The van der Waals surface area contributed by atoms with Gasteiger partial charge < -0.3 is 0 Å². The molecule has 0 amide bonds. The van der Waals surface area contributed by atoms with Gasteiger partial charge in [0.2, 0.25) is 0 Å². The second-order valence-corrected chi connectivity index (χ2v) is 12.7. The van der Waals surface area contributed by atoms with Crippen LogP contribution >= 0.6 is 0 Å². The molecule has 0 unspecified atom stereocenters. The molecule has 1 heterocycles. The summed E-state index contributed by atoms with van der Waals surface area (Å²) in [6.07, 6.45) is 0. The van der Waals surface area contributed by atoms with Crippen LogP contribution in [-0.2, 0) is 0 Å². The minimum absolute atomic E-state index is 0.944. The molecule has 0 aliphatic carbocycles. The van der Waals surface area contributed by atoms with Crippen LogP contribution in [0.15, 0.2) is 182 Å². The predicted octanol–water partition coefficient (Wildman–Crippen LogP) is 12.6. The number of fused-ring (bicyclic) bond motifs is 5. The second-order valence-electron chi connectivity index (χ2n) is 12.7. The van der Waals surface area contributed by atoms with E-state index >= 15 is 0 Å². The maximum Gasteiger partial charge on any atom is 0.146 e. The Morgan fingerprint density at radius 3 is 1.63 bits per heavy atom. The van der Waals surface area contributed by atoms with Crippen molar-refractivity contribution in [1.82, 2.24) is 9.55 Å². The molecule has 0 bridgehead atoms. The first-order valence-corrected chi connectivity index (χ1v) is 16.8. The third kappa shape index (κ3) is 4.24. The fraction of sp³-hybridized carbons (Fsp3) is 0. The van der Waals surface area contributed by atoms with Crippen LogP contribution in [0, 0.1) is 0 Å². The molecule has 9 aromatic carbocycles. The molecule has 0 aliphatic rings. The Labute approximate surface area is 284 Å². The van der Waals surface area contributed by atoms with Crippen molar-refractivity contribution in [1.29, 1.82) is 0 Å². The van der Waals surface area contributed by atoms with E-state index in [1.807, 2.05) is 0 Å². The van der Waals surface area contributed by atoms with E-state index in [-0.39, 0.29) is 0 Å². The smallest absolute Gasteiger partial charge is 0.146 e. The third-order valence-electron chi connectivity index (χ3n) is 10.00. The summed E-state index contributed by atoms with van der Waals surface area (Å²) >= 11 is 0. The minimum atomic E-state index is 0.944. The van der Waals surface area contributed by atoms with E-state index in [1.54, 1.807) is 0 Å². The van der Waals surface area contributed by atoms with Gasteiger partial charge in [0.1, 0.15) is 5.82 Å². The fourth-order valence-electron chi connectivity index (χ4n) is 7.90. The zero-order chi connectivity index (χ0) is 32.3. The molecule has 0 fully saturated rings. The highest BCUT2D eigenvalue weighted by Crippen LogP contribution is 2.46. The molecule has 10 rings (SSSR count). The first-order valence-electron chi connectivity index (χ1n) is 16.8. The second kappa shape index (κ2) is 11.0. The molecule has 2 nitrogen and oxygen atoms in total. The van der Waals surface area contributed by atoms with Gasteiger partial charge in [-0.15, -0.1) is 0 Å². The standard InChI is InChI=1S/C47H30N2/c1-2-16-32(17-3-1)45-36-22-8-10-24-38(36)46(39-25-11-9-23-37(39)45)40-29-30-43(35-21-7-6-20-34(35)40)49-44-28-13-12-27-42(44)48-47(49)41-26-14-18-31-15-4-5-19-33(31)41/h1-30H. The van der Waals surface area contributed by atoms with Crippen molar-refractivity contribution >= 4 is 54.1 Å². The van der Waals surface area contributed by atoms with Crippen LogP contribution < -0.4 is 0 Å². The quantitative estimate of drug-likeness (QED) is 0.179. The number of hydrogen-bond donors (Lipinski definition) is 0. The molecule has 0 N–H and O–H groups in total. The van der Waals surface area contributed by atoms with Crippen molar-refractivity contribution in [3.05, 3.63) is 182 Å². The molecule has 0 spiro atoms. The summed E-state index contributed by atoms with van der Waals surface area (Å²) in [6.45, 7) is 0. The molecular formula is C47H30N2. The molecular weight excluding hydrogens is 593 g/mol. The minimum Gasteiger partial charge on any atom is -0.292 e. The Morgan fingerprint density at radius 1 is 0.347 bits per heavy atom. The van der Waals surface area contributed by atoms with Crippen LogP contribution in [0.5, 0.6) is 0 Å². The van der Waals surface area contributed by atoms with Crippen molar-refractivity contribution < 1.29 is 0 Å². The van der Waals surface area contributed by atoms with Crippen LogP contribution in [0.3, 0.4) is 0 Å². The van der Waals surface area contributed by atoms with Crippen LogP contribution in [-0.4, -0.2) is 9.55 Å². The van der Waals surface area contributed by atoms with Gasteiger partial charge in [0.15, 0.2) is 0 Å². The van der Waals surface area contributed by atoms with Gasteiger partial charge in [0.05, 0.1) is 16.7 Å². The van der Waals surface area contributed by atoms with Gasteiger partial charge in [-0.2, -0.15) is 0 Å². The predicted molar refractivity (Wildman–Crippen MR) is 207 cm³/mol. The zero-order valence-corrected chi connectivity index (χ0v) is 26.7. The molecule has 1 aromatic heterocycles. The van der Waals surface area contributed by atoms with Gasteiger partial charge in [-0.1, -0.05) is 164 Å². The number of hydrogen-bond acceptors (Lipinski definition) is 1. The molecule has 0 aliphatic heterocycles. The highest BCUT2D eigenvalue weighted by Gasteiger charge is 2.21. The number of nitrogens with zero attached hydrogens (tertiary/aromatic N) is 2. The van der Waals surface area contributed by atoms with E-state index in [1.165, 1.54) is 65.3 Å². The van der Waals surface area contributed by atoms with Gasteiger partial charge >= 0.3 is 0 Å². The molecule has 2 heteroatoms. The monoisotopic (exact) mass is 622 g/mol. The average Bonchev–Trinajstić information content (AvgIpc) is 3.56. The molecule has 0 radical (unpaired) electrons. The maximum atomic E-state index is 5.28. The number of para-hydroxylation sites is 2.